The summed E-state index contributed by atoms with van der Waals surface area (Å²) < 4.78 is 36.8. The highest BCUT2D eigenvalue weighted by Gasteiger charge is 2.44. The Balaban J connectivity index is 1.23. The highest BCUT2D eigenvalue weighted by atomic mass is 19.1. The first kappa shape index (κ1) is 18.7. The van der Waals surface area contributed by atoms with E-state index in [1.54, 1.807) is 11.0 Å². The van der Waals surface area contributed by atoms with Gasteiger partial charge in [0.25, 0.3) is 0 Å². The zero-order valence-electron chi connectivity index (χ0n) is 16.2. The standard InChI is InChI=1S/C22H20FNO6/c23-18-17-15(12-27-20(17)25)10-16-19(18)29-13-22(30-16)6-8-24(9-7-22)21(26)28-11-14-4-2-1-3-5-14/h1-5,10H,6-9,11-13H2. The number of nitrogens with zero attached hydrogens (tertiary/aromatic N) is 1. The summed E-state index contributed by atoms with van der Waals surface area (Å²) in [6, 6.07) is 11.1. The van der Waals surface area contributed by atoms with Gasteiger partial charge in [0.05, 0.1) is 0 Å². The Bertz CT molecular complexity index is 1000. The van der Waals surface area contributed by atoms with Gasteiger partial charge in [-0.2, -0.15) is 0 Å². The highest BCUT2D eigenvalue weighted by molar-refractivity contribution is 5.94. The molecule has 1 fully saturated rings. The summed E-state index contributed by atoms with van der Waals surface area (Å²) in [6.07, 6.45) is 0.688. The van der Waals surface area contributed by atoms with Gasteiger partial charge in [0, 0.05) is 31.5 Å². The number of halogens is 1. The topological polar surface area (TPSA) is 74.3 Å². The third-order valence-corrected chi connectivity index (χ3v) is 5.78. The third-order valence-electron chi connectivity index (χ3n) is 5.78. The summed E-state index contributed by atoms with van der Waals surface area (Å²) in [6.45, 7) is 1.29. The minimum atomic E-state index is -0.734. The van der Waals surface area contributed by atoms with E-state index in [9.17, 15) is 14.0 Å². The van der Waals surface area contributed by atoms with E-state index in [0.717, 1.165) is 5.56 Å². The third kappa shape index (κ3) is 3.22. The van der Waals surface area contributed by atoms with Crippen molar-refractivity contribution < 1.29 is 32.9 Å². The van der Waals surface area contributed by atoms with Gasteiger partial charge in [0.2, 0.25) is 0 Å². The van der Waals surface area contributed by atoms with E-state index >= 15 is 0 Å². The molecule has 156 valence electrons. The molecule has 7 nitrogen and oxygen atoms in total. The number of likely N-dealkylation sites (tertiary alicyclic amines) is 1. The number of piperidine rings is 1. The van der Waals surface area contributed by atoms with E-state index in [-0.39, 0.29) is 43.0 Å². The molecule has 1 amide bonds. The predicted molar refractivity (Wildman–Crippen MR) is 102 cm³/mol. The number of rotatable bonds is 2. The number of ether oxygens (including phenoxy) is 4. The van der Waals surface area contributed by atoms with Crippen LogP contribution < -0.4 is 9.47 Å². The molecule has 3 aliphatic rings. The van der Waals surface area contributed by atoms with E-state index in [0.29, 0.717) is 31.5 Å². The van der Waals surface area contributed by atoms with Gasteiger partial charge in [-0.3, -0.25) is 0 Å². The Kier molecular flexibility index (Phi) is 4.49. The molecule has 2 aromatic carbocycles. The van der Waals surface area contributed by atoms with Crippen molar-refractivity contribution in [1.82, 2.24) is 4.90 Å². The van der Waals surface area contributed by atoms with Crippen molar-refractivity contribution in [2.75, 3.05) is 19.7 Å². The van der Waals surface area contributed by atoms with Gasteiger partial charge in [0.15, 0.2) is 17.3 Å². The minimum absolute atomic E-state index is 0.0236. The molecule has 8 heteroatoms. The van der Waals surface area contributed by atoms with E-state index in [1.165, 1.54) is 0 Å². The second kappa shape index (κ2) is 7.19. The molecule has 3 aliphatic heterocycles. The van der Waals surface area contributed by atoms with Crippen LogP contribution in [0.25, 0.3) is 0 Å². The monoisotopic (exact) mass is 413 g/mol. The van der Waals surface area contributed by atoms with E-state index in [1.807, 2.05) is 30.3 Å². The molecule has 1 spiro atoms. The highest BCUT2D eigenvalue weighted by Crippen LogP contribution is 2.44. The van der Waals surface area contributed by atoms with Gasteiger partial charge in [-0.05, 0) is 11.6 Å². The van der Waals surface area contributed by atoms with E-state index in [2.05, 4.69) is 0 Å². The smallest absolute Gasteiger partial charge is 0.410 e. The molecule has 5 rings (SSSR count). The number of cyclic esters (lactones) is 1. The molecule has 0 saturated carbocycles. The lowest BCUT2D eigenvalue weighted by molar-refractivity contribution is -0.0523. The van der Waals surface area contributed by atoms with Gasteiger partial charge < -0.3 is 23.8 Å². The van der Waals surface area contributed by atoms with Crippen molar-refractivity contribution in [2.24, 2.45) is 0 Å². The maximum absolute atomic E-state index is 14.7. The first-order chi connectivity index (χ1) is 14.5. The zero-order valence-corrected chi connectivity index (χ0v) is 16.2. The maximum atomic E-state index is 14.7. The number of amides is 1. The molecule has 2 aromatic rings. The number of carbonyl (C=O) groups is 2. The Labute approximate surface area is 172 Å². The summed E-state index contributed by atoms with van der Waals surface area (Å²) in [5.74, 6) is -1.20. The van der Waals surface area contributed by atoms with Crippen LogP contribution in [0.5, 0.6) is 11.5 Å². The van der Waals surface area contributed by atoms with Gasteiger partial charge in [-0.1, -0.05) is 30.3 Å². The molecule has 0 atom stereocenters. The fraction of sp³-hybridized carbons (Fsp3) is 0.364. The Morgan fingerprint density at radius 2 is 1.93 bits per heavy atom. The first-order valence-corrected chi connectivity index (χ1v) is 9.85. The van der Waals surface area contributed by atoms with Gasteiger partial charge in [-0.15, -0.1) is 0 Å². The van der Waals surface area contributed by atoms with Crippen molar-refractivity contribution in [3.8, 4) is 11.5 Å². The maximum Gasteiger partial charge on any atom is 0.410 e. The average molecular weight is 413 g/mol. The largest absolute Gasteiger partial charge is 0.483 e. The summed E-state index contributed by atoms with van der Waals surface area (Å²) in [5, 5.41) is 0. The van der Waals surface area contributed by atoms with Gasteiger partial charge in [0.1, 0.15) is 31.0 Å². The summed E-state index contributed by atoms with van der Waals surface area (Å²) >= 11 is 0. The fourth-order valence-electron chi connectivity index (χ4n) is 4.04. The Morgan fingerprint density at radius 1 is 1.17 bits per heavy atom. The number of benzene rings is 2. The average Bonchev–Trinajstić information content (AvgIpc) is 3.14. The molecule has 0 radical (unpaired) electrons. The van der Waals surface area contributed by atoms with E-state index < -0.39 is 17.4 Å². The lowest BCUT2D eigenvalue weighted by Crippen LogP contribution is -2.54. The van der Waals surface area contributed by atoms with E-state index in [4.69, 9.17) is 18.9 Å². The second-order valence-corrected chi connectivity index (χ2v) is 7.73. The van der Waals surface area contributed by atoms with Gasteiger partial charge >= 0.3 is 12.1 Å². The van der Waals surface area contributed by atoms with Crippen LogP contribution in [0.4, 0.5) is 9.18 Å². The number of carbonyl (C=O) groups excluding carboxylic acids is 2. The minimum Gasteiger partial charge on any atom is -0.483 e. The van der Waals surface area contributed by atoms with Crippen LogP contribution in [0.15, 0.2) is 36.4 Å². The van der Waals surface area contributed by atoms with Crippen LogP contribution in [0.1, 0.15) is 34.3 Å². The van der Waals surface area contributed by atoms with Gasteiger partial charge in [-0.25, -0.2) is 14.0 Å². The number of fused-ring (bicyclic) bond motifs is 2. The van der Waals surface area contributed by atoms with Crippen molar-refractivity contribution >= 4 is 12.1 Å². The molecule has 0 unspecified atom stereocenters. The number of esters is 1. The Morgan fingerprint density at radius 3 is 2.70 bits per heavy atom. The molecule has 0 bridgehead atoms. The van der Waals surface area contributed by atoms with Crippen molar-refractivity contribution in [1.29, 1.82) is 0 Å². The summed E-state index contributed by atoms with van der Waals surface area (Å²) in [4.78, 5) is 25.7. The molecule has 3 heterocycles. The summed E-state index contributed by atoms with van der Waals surface area (Å²) in [7, 11) is 0. The first-order valence-electron chi connectivity index (χ1n) is 9.85. The SMILES string of the molecule is O=C1OCc2cc3c(c(F)c21)OCC1(CCN(C(=O)OCc2ccccc2)CC1)O3. The van der Waals surface area contributed by atoms with Crippen molar-refractivity contribution in [3.05, 3.63) is 58.9 Å². The van der Waals surface area contributed by atoms with Crippen molar-refractivity contribution in [2.45, 2.75) is 31.7 Å². The predicted octanol–water partition coefficient (Wildman–Crippen LogP) is 3.44. The van der Waals surface area contributed by atoms with Crippen molar-refractivity contribution in [3.63, 3.8) is 0 Å². The lowest BCUT2D eigenvalue weighted by Gasteiger charge is -2.43. The lowest BCUT2D eigenvalue weighted by atomic mass is 9.91. The second-order valence-electron chi connectivity index (χ2n) is 7.73. The number of hydrogen-bond acceptors (Lipinski definition) is 6. The fourth-order valence-corrected chi connectivity index (χ4v) is 4.04. The van der Waals surface area contributed by atoms with Crippen LogP contribution >= 0.6 is 0 Å². The number of hydrogen-bond donors (Lipinski definition) is 0. The molecule has 0 aliphatic carbocycles. The Hall–Kier alpha value is -3.29. The van der Waals surface area contributed by atoms with Crippen LogP contribution in [0, 0.1) is 5.82 Å². The zero-order chi connectivity index (χ0) is 20.7. The summed E-state index contributed by atoms with van der Waals surface area (Å²) in [5.41, 5.74) is 0.660. The van der Waals surface area contributed by atoms with Crippen LogP contribution in [-0.4, -0.2) is 42.3 Å². The van der Waals surface area contributed by atoms with Crippen LogP contribution in [0.2, 0.25) is 0 Å². The molecule has 0 N–H and O–H groups in total. The molecule has 30 heavy (non-hydrogen) atoms. The molecular formula is C22H20FNO6. The van der Waals surface area contributed by atoms with Crippen LogP contribution in [-0.2, 0) is 22.7 Å². The molecule has 0 aromatic heterocycles. The molecular weight excluding hydrogens is 393 g/mol. The normalized spacial score (nSPS) is 18.7. The quantitative estimate of drug-likeness (QED) is 0.703. The molecule has 1 saturated heterocycles. The van der Waals surface area contributed by atoms with Crippen LogP contribution in [0.3, 0.4) is 0 Å².